The highest BCUT2D eigenvalue weighted by molar-refractivity contribution is 5.93. The standard InChI is InChI=1S/C20H17N3O9/c21-15(31-19(25)17(22(27)28)13-7-3-1-4-8-13)11-12-16(24)32-20(26)18(23(29)30)14-9-5-2-6-10-14/h1-10,17-18,21H,11-12H2. The fourth-order valence-electron chi connectivity index (χ4n) is 2.62. The minimum absolute atomic E-state index is 0.0173. The summed E-state index contributed by atoms with van der Waals surface area (Å²) in [5, 5.41) is 30.0. The van der Waals surface area contributed by atoms with Crippen LogP contribution in [0.5, 0.6) is 0 Å². The largest absolute Gasteiger partial charge is 0.407 e. The molecule has 166 valence electrons. The van der Waals surface area contributed by atoms with Crippen LogP contribution in [0.2, 0.25) is 0 Å². The molecule has 0 aliphatic rings. The van der Waals surface area contributed by atoms with Crippen LogP contribution in [0.15, 0.2) is 60.7 Å². The van der Waals surface area contributed by atoms with Crippen LogP contribution in [0.25, 0.3) is 0 Å². The van der Waals surface area contributed by atoms with Crippen molar-refractivity contribution >= 4 is 23.8 Å². The molecule has 0 spiro atoms. The van der Waals surface area contributed by atoms with Gasteiger partial charge in [0.15, 0.2) is 5.90 Å². The van der Waals surface area contributed by atoms with Crippen molar-refractivity contribution in [1.29, 1.82) is 5.41 Å². The fraction of sp³-hybridized carbons (Fsp3) is 0.200. The highest BCUT2D eigenvalue weighted by Gasteiger charge is 2.36. The first-order chi connectivity index (χ1) is 15.2. The smallest absolute Gasteiger partial charge is 0.394 e. The molecule has 0 aliphatic heterocycles. The van der Waals surface area contributed by atoms with Crippen LogP contribution in [0.4, 0.5) is 0 Å². The van der Waals surface area contributed by atoms with Gasteiger partial charge in [-0.3, -0.25) is 30.4 Å². The Balaban J connectivity index is 1.91. The Hall–Kier alpha value is -4.48. The number of carbonyl (C=O) groups is 3. The van der Waals surface area contributed by atoms with Crippen molar-refractivity contribution in [3.63, 3.8) is 0 Å². The summed E-state index contributed by atoms with van der Waals surface area (Å²) in [4.78, 5) is 56.6. The number of ether oxygens (including phenoxy) is 2. The Morgan fingerprint density at radius 2 is 1.16 bits per heavy atom. The second-order valence-corrected chi connectivity index (χ2v) is 6.33. The fourth-order valence-corrected chi connectivity index (χ4v) is 2.62. The summed E-state index contributed by atoms with van der Waals surface area (Å²) in [6, 6.07) is 10.7. The summed E-state index contributed by atoms with van der Waals surface area (Å²) in [7, 11) is 0. The molecule has 12 nitrogen and oxygen atoms in total. The zero-order valence-corrected chi connectivity index (χ0v) is 16.4. The molecule has 0 amide bonds. The van der Waals surface area contributed by atoms with Crippen LogP contribution in [0, 0.1) is 25.6 Å². The second-order valence-electron chi connectivity index (χ2n) is 6.33. The van der Waals surface area contributed by atoms with E-state index in [0.717, 1.165) is 0 Å². The summed E-state index contributed by atoms with van der Waals surface area (Å²) in [5.41, 5.74) is 0.0655. The lowest BCUT2D eigenvalue weighted by Gasteiger charge is -2.10. The number of hydrogen-bond donors (Lipinski definition) is 1. The topological polar surface area (TPSA) is 180 Å². The molecule has 0 saturated heterocycles. The maximum Gasteiger partial charge on any atom is 0.394 e. The molecular weight excluding hydrogens is 426 g/mol. The van der Waals surface area contributed by atoms with Gasteiger partial charge in [-0.2, -0.15) is 0 Å². The lowest BCUT2D eigenvalue weighted by atomic mass is 10.1. The van der Waals surface area contributed by atoms with Crippen LogP contribution in [0.3, 0.4) is 0 Å². The quantitative estimate of drug-likeness (QED) is 0.152. The normalized spacial score (nSPS) is 12.1. The van der Waals surface area contributed by atoms with Gasteiger partial charge < -0.3 is 9.47 Å². The number of rotatable bonds is 9. The predicted octanol–water partition coefficient (Wildman–Crippen LogP) is 2.39. The molecule has 2 aromatic rings. The first-order valence-electron chi connectivity index (χ1n) is 9.11. The summed E-state index contributed by atoms with van der Waals surface area (Å²) in [6.45, 7) is 0. The molecule has 0 radical (unpaired) electrons. The number of hydrogen-bond acceptors (Lipinski definition) is 10. The van der Waals surface area contributed by atoms with Gasteiger partial charge in [-0.05, 0) is 0 Å². The molecule has 1 N–H and O–H groups in total. The summed E-state index contributed by atoms with van der Waals surface area (Å²) >= 11 is 0. The monoisotopic (exact) mass is 443 g/mol. The first-order valence-corrected chi connectivity index (χ1v) is 9.11. The van der Waals surface area contributed by atoms with E-state index in [0.29, 0.717) is 0 Å². The second kappa shape index (κ2) is 11.1. The lowest BCUT2D eigenvalue weighted by molar-refractivity contribution is -0.516. The van der Waals surface area contributed by atoms with Crippen molar-refractivity contribution in [2.24, 2.45) is 0 Å². The molecule has 2 unspecified atom stereocenters. The van der Waals surface area contributed by atoms with Gasteiger partial charge in [-0.15, -0.1) is 0 Å². The van der Waals surface area contributed by atoms with E-state index < -0.39 is 58.6 Å². The SMILES string of the molecule is N=C(CCC(=O)OC(=O)C(c1ccccc1)[N+](=O)[O-])OC(=O)C(c1ccccc1)[N+](=O)[O-]. The molecule has 2 atom stereocenters. The van der Waals surface area contributed by atoms with Crippen LogP contribution >= 0.6 is 0 Å². The minimum Gasteiger partial charge on any atom is -0.407 e. The lowest BCUT2D eigenvalue weighted by Crippen LogP contribution is -2.27. The van der Waals surface area contributed by atoms with Crippen molar-refractivity contribution in [3.05, 3.63) is 92.0 Å². The molecular formula is C20H17N3O9. The first kappa shape index (κ1) is 23.8. The van der Waals surface area contributed by atoms with Crippen LogP contribution in [-0.2, 0) is 23.9 Å². The molecule has 0 fully saturated rings. The van der Waals surface area contributed by atoms with Crippen LogP contribution in [-0.4, -0.2) is 33.7 Å². The van der Waals surface area contributed by atoms with E-state index in [4.69, 9.17) is 5.41 Å². The molecule has 0 saturated carbocycles. The molecule has 12 heteroatoms. The Morgan fingerprint density at radius 1 is 0.750 bits per heavy atom. The number of nitro groups is 2. The molecule has 0 bridgehead atoms. The van der Waals surface area contributed by atoms with Crippen LogP contribution in [0.1, 0.15) is 36.1 Å². The Morgan fingerprint density at radius 3 is 1.56 bits per heavy atom. The molecule has 2 rings (SSSR count). The van der Waals surface area contributed by atoms with Crippen molar-refractivity contribution in [2.75, 3.05) is 0 Å². The van der Waals surface area contributed by atoms with E-state index in [9.17, 15) is 34.6 Å². The number of carbonyl (C=O) groups excluding carboxylic acids is 3. The van der Waals surface area contributed by atoms with Gasteiger partial charge in [0.1, 0.15) is 0 Å². The summed E-state index contributed by atoms with van der Waals surface area (Å²) in [5.74, 6) is -4.69. The maximum absolute atomic E-state index is 12.1. The number of benzene rings is 2. The van der Waals surface area contributed by atoms with Crippen molar-refractivity contribution < 1.29 is 33.7 Å². The molecule has 2 aromatic carbocycles. The van der Waals surface area contributed by atoms with Crippen molar-refractivity contribution in [3.8, 4) is 0 Å². The van der Waals surface area contributed by atoms with Crippen molar-refractivity contribution in [2.45, 2.75) is 24.9 Å². The highest BCUT2D eigenvalue weighted by Crippen LogP contribution is 2.20. The van der Waals surface area contributed by atoms with Crippen molar-refractivity contribution in [1.82, 2.24) is 0 Å². The molecule has 0 heterocycles. The van der Waals surface area contributed by atoms with E-state index >= 15 is 0 Å². The van der Waals surface area contributed by atoms with E-state index in [2.05, 4.69) is 9.47 Å². The molecule has 0 aromatic heterocycles. The van der Waals surface area contributed by atoms with Gasteiger partial charge in [-0.25, -0.2) is 9.59 Å². The van der Waals surface area contributed by atoms with Crippen LogP contribution < -0.4 is 0 Å². The number of nitrogens with one attached hydrogen (secondary N) is 1. The van der Waals surface area contributed by atoms with Gasteiger partial charge in [0, 0.05) is 27.4 Å². The zero-order valence-electron chi connectivity index (χ0n) is 16.4. The predicted molar refractivity (Wildman–Crippen MR) is 107 cm³/mol. The van der Waals surface area contributed by atoms with E-state index in [-0.39, 0.29) is 11.1 Å². The van der Waals surface area contributed by atoms with E-state index in [1.807, 2.05) is 0 Å². The Kier molecular flexibility index (Phi) is 8.22. The van der Waals surface area contributed by atoms with Gasteiger partial charge in [-0.1, -0.05) is 60.7 Å². The Bertz CT molecular complexity index is 942. The Labute approximate surface area is 180 Å². The summed E-state index contributed by atoms with van der Waals surface area (Å²) in [6.07, 6.45) is -1.14. The van der Waals surface area contributed by atoms with Gasteiger partial charge in [0.25, 0.3) is 0 Å². The summed E-state index contributed by atoms with van der Waals surface area (Å²) < 4.78 is 9.11. The maximum atomic E-state index is 12.1. The third-order valence-corrected chi connectivity index (χ3v) is 4.09. The molecule has 32 heavy (non-hydrogen) atoms. The molecule has 0 aliphatic carbocycles. The minimum atomic E-state index is -1.91. The highest BCUT2D eigenvalue weighted by atomic mass is 16.6. The van der Waals surface area contributed by atoms with Gasteiger partial charge >= 0.3 is 30.0 Å². The number of esters is 3. The van der Waals surface area contributed by atoms with Gasteiger partial charge in [0.05, 0.1) is 6.42 Å². The average Bonchev–Trinajstić information content (AvgIpc) is 2.73. The number of nitrogens with zero attached hydrogens (tertiary/aromatic N) is 2. The average molecular weight is 443 g/mol. The van der Waals surface area contributed by atoms with E-state index in [1.54, 1.807) is 12.1 Å². The third kappa shape index (κ3) is 6.52. The van der Waals surface area contributed by atoms with E-state index in [1.165, 1.54) is 48.5 Å². The third-order valence-electron chi connectivity index (χ3n) is 4.09. The zero-order chi connectivity index (χ0) is 23.7. The van der Waals surface area contributed by atoms with Gasteiger partial charge in [0.2, 0.25) is 0 Å².